The first-order chi connectivity index (χ1) is 11.0. The maximum atomic E-state index is 12.4. The number of aromatic amines is 1. The summed E-state index contributed by atoms with van der Waals surface area (Å²) in [5.41, 5.74) is 0.294. The highest BCUT2D eigenvalue weighted by atomic mass is 32.1. The van der Waals surface area contributed by atoms with Gasteiger partial charge in [-0.3, -0.25) is 9.89 Å². The monoisotopic (exact) mass is 349 g/mol. The molecule has 1 unspecified atom stereocenters. The van der Waals surface area contributed by atoms with Gasteiger partial charge in [0.25, 0.3) is 5.91 Å². The van der Waals surface area contributed by atoms with Crippen molar-refractivity contribution in [2.24, 2.45) is 0 Å². The summed E-state index contributed by atoms with van der Waals surface area (Å²) in [7, 11) is 0. The van der Waals surface area contributed by atoms with Gasteiger partial charge in [-0.05, 0) is 36.2 Å². The van der Waals surface area contributed by atoms with E-state index in [2.05, 4.69) is 25.5 Å². The van der Waals surface area contributed by atoms with Crippen LogP contribution in [0.25, 0.3) is 10.8 Å². The minimum atomic E-state index is -1.11. The predicted molar refractivity (Wildman–Crippen MR) is 88.5 cm³/mol. The minimum absolute atomic E-state index is 0.123. The summed E-state index contributed by atoms with van der Waals surface area (Å²) < 4.78 is 0. The molecule has 23 heavy (non-hydrogen) atoms. The first-order valence-corrected chi connectivity index (χ1v) is 8.60. The Hall–Kier alpha value is -2.10. The first-order valence-electron chi connectivity index (χ1n) is 6.84. The van der Waals surface area contributed by atoms with Crippen LogP contribution in [0.1, 0.15) is 27.9 Å². The summed E-state index contributed by atoms with van der Waals surface area (Å²) in [6.07, 6.45) is 1.39. The molecule has 1 atom stereocenters. The third-order valence-electron chi connectivity index (χ3n) is 3.36. The Bertz CT molecular complexity index is 793. The van der Waals surface area contributed by atoms with Crippen LogP contribution in [0, 0.1) is 6.92 Å². The molecule has 9 heteroatoms. The van der Waals surface area contributed by atoms with Crippen molar-refractivity contribution in [1.29, 1.82) is 0 Å². The van der Waals surface area contributed by atoms with Crippen molar-refractivity contribution < 1.29 is 9.90 Å². The van der Waals surface area contributed by atoms with Crippen LogP contribution in [0.2, 0.25) is 0 Å². The molecule has 120 valence electrons. The van der Waals surface area contributed by atoms with Gasteiger partial charge in [-0.1, -0.05) is 0 Å². The van der Waals surface area contributed by atoms with Crippen molar-refractivity contribution in [2.45, 2.75) is 19.4 Å². The molecular weight excluding hydrogens is 334 g/mol. The number of hydrogen-bond donors (Lipinski definition) is 3. The van der Waals surface area contributed by atoms with Gasteiger partial charge >= 0.3 is 0 Å². The summed E-state index contributed by atoms with van der Waals surface area (Å²) in [6.45, 7) is 3.56. The van der Waals surface area contributed by atoms with Crippen LogP contribution in [0.5, 0.6) is 0 Å². The molecule has 0 spiro atoms. The summed E-state index contributed by atoms with van der Waals surface area (Å²) in [5.74, 6) is 0.267. The lowest BCUT2D eigenvalue weighted by Gasteiger charge is -2.22. The number of carbonyl (C=O) groups is 1. The van der Waals surface area contributed by atoms with Crippen LogP contribution < -0.4 is 5.32 Å². The zero-order valence-corrected chi connectivity index (χ0v) is 14.2. The van der Waals surface area contributed by atoms with Crippen LogP contribution in [0.15, 0.2) is 23.2 Å². The Kier molecular flexibility index (Phi) is 4.24. The number of rotatable bonds is 5. The standard InChI is InChI=1S/C14H15N5O2S2/c1-8-10(23-13(18-8)11-16-7-17-19-11)12(20)15-6-14(2,21)9-3-4-22-5-9/h3-5,7,21H,6H2,1-2H3,(H,15,20)(H,16,17,19). The van der Waals surface area contributed by atoms with Gasteiger partial charge in [-0.2, -0.15) is 16.4 Å². The average molecular weight is 349 g/mol. The number of aryl methyl sites for hydroxylation is 1. The van der Waals surface area contributed by atoms with Gasteiger partial charge in [0.15, 0.2) is 10.8 Å². The molecule has 0 fully saturated rings. The number of thiophene rings is 1. The summed E-state index contributed by atoms with van der Waals surface area (Å²) in [6, 6.07) is 1.84. The fraction of sp³-hybridized carbons (Fsp3) is 0.286. The normalized spacial score (nSPS) is 13.7. The predicted octanol–water partition coefficient (Wildman–Crippen LogP) is 1.94. The van der Waals surface area contributed by atoms with Gasteiger partial charge in [0.2, 0.25) is 0 Å². The van der Waals surface area contributed by atoms with Crippen LogP contribution in [-0.4, -0.2) is 37.7 Å². The second-order valence-electron chi connectivity index (χ2n) is 5.24. The number of amides is 1. The van der Waals surface area contributed by atoms with Crippen molar-refractivity contribution in [3.8, 4) is 10.8 Å². The van der Waals surface area contributed by atoms with Crippen molar-refractivity contribution >= 4 is 28.6 Å². The molecule has 0 bridgehead atoms. The van der Waals surface area contributed by atoms with E-state index in [0.29, 0.717) is 21.4 Å². The lowest BCUT2D eigenvalue weighted by Crippen LogP contribution is -2.38. The molecule has 3 aromatic rings. The molecule has 0 aromatic carbocycles. The highest BCUT2D eigenvalue weighted by Gasteiger charge is 2.25. The van der Waals surface area contributed by atoms with Crippen LogP contribution >= 0.6 is 22.7 Å². The topological polar surface area (TPSA) is 104 Å². The van der Waals surface area contributed by atoms with E-state index in [4.69, 9.17) is 0 Å². The average Bonchev–Trinajstić information content (AvgIpc) is 3.24. The number of aliphatic hydroxyl groups is 1. The molecule has 3 aromatic heterocycles. The molecule has 3 rings (SSSR count). The van der Waals surface area contributed by atoms with Crippen molar-refractivity contribution in [3.05, 3.63) is 39.3 Å². The van der Waals surface area contributed by atoms with E-state index in [-0.39, 0.29) is 12.5 Å². The lowest BCUT2D eigenvalue weighted by molar-refractivity contribution is 0.0531. The molecule has 0 radical (unpaired) electrons. The van der Waals surface area contributed by atoms with Crippen molar-refractivity contribution in [2.75, 3.05) is 6.54 Å². The number of nitrogens with one attached hydrogen (secondary N) is 2. The number of thiazole rings is 1. The molecule has 1 amide bonds. The van der Waals surface area contributed by atoms with Gasteiger partial charge in [0.05, 0.1) is 12.2 Å². The van der Waals surface area contributed by atoms with E-state index < -0.39 is 5.60 Å². The van der Waals surface area contributed by atoms with Crippen molar-refractivity contribution in [1.82, 2.24) is 25.5 Å². The molecule has 0 saturated heterocycles. The van der Waals surface area contributed by atoms with E-state index in [1.54, 1.807) is 13.8 Å². The van der Waals surface area contributed by atoms with Crippen molar-refractivity contribution in [3.63, 3.8) is 0 Å². The SMILES string of the molecule is Cc1nc(-c2ncn[nH]2)sc1C(=O)NCC(C)(O)c1ccsc1. The summed E-state index contributed by atoms with van der Waals surface area (Å²) in [4.78, 5) is 21.2. The van der Waals surface area contributed by atoms with Crippen LogP contribution in [-0.2, 0) is 5.60 Å². The fourth-order valence-corrected chi connectivity index (χ4v) is 3.73. The Labute approximate surface area is 140 Å². The Morgan fingerprint density at radius 2 is 2.35 bits per heavy atom. The molecular formula is C14H15N5O2S2. The highest BCUT2D eigenvalue weighted by Crippen LogP contribution is 2.26. The third kappa shape index (κ3) is 3.31. The minimum Gasteiger partial charge on any atom is -0.384 e. The van der Waals surface area contributed by atoms with E-state index in [9.17, 15) is 9.90 Å². The number of aromatic nitrogens is 4. The van der Waals surface area contributed by atoms with Crippen LogP contribution in [0.4, 0.5) is 0 Å². The Balaban J connectivity index is 1.72. The molecule has 7 nitrogen and oxygen atoms in total. The Morgan fingerprint density at radius 1 is 1.52 bits per heavy atom. The van der Waals surface area contributed by atoms with E-state index in [1.165, 1.54) is 29.0 Å². The van der Waals surface area contributed by atoms with Gasteiger partial charge in [0, 0.05) is 0 Å². The lowest BCUT2D eigenvalue weighted by atomic mass is 9.99. The van der Waals surface area contributed by atoms with Crippen LogP contribution in [0.3, 0.4) is 0 Å². The fourth-order valence-electron chi connectivity index (χ4n) is 2.02. The Morgan fingerprint density at radius 3 is 3.00 bits per heavy atom. The number of nitrogens with zero attached hydrogens (tertiary/aromatic N) is 3. The number of hydrogen-bond acceptors (Lipinski definition) is 7. The first kappa shape index (κ1) is 15.8. The van der Waals surface area contributed by atoms with Gasteiger partial charge < -0.3 is 10.4 Å². The highest BCUT2D eigenvalue weighted by molar-refractivity contribution is 7.17. The van der Waals surface area contributed by atoms with Gasteiger partial charge in [-0.15, -0.1) is 11.3 Å². The maximum absolute atomic E-state index is 12.4. The molecule has 0 aliphatic heterocycles. The summed E-state index contributed by atoms with van der Waals surface area (Å²) in [5, 5.41) is 24.1. The van der Waals surface area contributed by atoms with E-state index in [1.807, 2.05) is 16.8 Å². The quantitative estimate of drug-likeness (QED) is 0.653. The summed E-state index contributed by atoms with van der Waals surface area (Å²) >= 11 is 2.74. The maximum Gasteiger partial charge on any atom is 0.263 e. The zero-order valence-electron chi connectivity index (χ0n) is 12.5. The molecule has 0 aliphatic carbocycles. The number of carbonyl (C=O) groups excluding carboxylic acids is 1. The van der Waals surface area contributed by atoms with E-state index >= 15 is 0 Å². The number of H-pyrrole nitrogens is 1. The van der Waals surface area contributed by atoms with Gasteiger partial charge in [-0.25, -0.2) is 9.97 Å². The third-order valence-corrected chi connectivity index (χ3v) is 5.20. The molecule has 0 saturated carbocycles. The zero-order chi connectivity index (χ0) is 16.4. The van der Waals surface area contributed by atoms with Gasteiger partial charge in [0.1, 0.15) is 16.8 Å². The molecule has 0 aliphatic rings. The second-order valence-corrected chi connectivity index (χ2v) is 7.02. The largest absolute Gasteiger partial charge is 0.384 e. The smallest absolute Gasteiger partial charge is 0.263 e. The van der Waals surface area contributed by atoms with E-state index in [0.717, 1.165) is 5.56 Å². The second kappa shape index (κ2) is 6.19. The molecule has 3 N–H and O–H groups in total. The molecule has 3 heterocycles.